The summed E-state index contributed by atoms with van der Waals surface area (Å²) in [6.07, 6.45) is 4.59. The number of hydrogen-bond acceptors (Lipinski definition) is 5. The lowest BCUT2D eigenvalue weighted by atomic mass is 10.1. The molecule has 22 heavy (non-hydrogen) atoms. The van der Waals surface area contributed by atoms with E-state index in [9.17, 15) is 13.2 Å². The Morgan fingerprint density at radius 1 is 1.45 bits per heavy atom. The highest BCUT2D eigenvalue weighted by Crippen LogP contribution is 2.13. The fourth-order valence-electron chi connectivity index (χ4n) is 2.61. The number of rotatable bonds is 5. The van der Waals surface area contributed by atoms with Crippen molar-refractivity contribution in [2.45, 2.75) is 32.4 Å². The summed E-state index contributed by atoms with van der Waals surface area (Å²) < 4.78 is 23.4. The fourth-order valence-corrected chi connectivity index (χ4v) is 4.30. The molecule has 7 heteroatoms. The van der Waals surface area contributed by atoms with Crippen molar-refractivity contribution < 1.29 is 13.2 Å². The number of hydrogen-bond donors (Lipinski definition) is 1. The molecule has 1 aliphatic heterocycles. The first kappa shape index (κ1) is 16.9. The molecule has 1 aliphatic rings. The number of pyridine rings is 1. The van der Waals surface area contributed by atoms with Gasteiger partial charge in [-0.2, -0.15) is 0 Å². The Morgan fingerprint density at radius 2 is 2.23 bits per heavy atom. The second-order valence-electron chi connectivity index (χ2n) is 5.73. The van der Waals surface area contributed by atoms with Crippen molar-refractivity contribution >= 4 is 15.7 Å². The number of carbonyl (C=O) groups is 1. The average Bonchev–Trinajstić information content (AvgIpc) is 2.49. The van der Waals surface area contributed by atoms with Crippen LogP contribution in [0.3, 0.4) is 0 Å². The van der Waals surface area contributed by atoms with E-state index in [1.54, 1.807) is 6.20 Å². The second-order valence-corrected chi connectivity index (χ2v) is 7.96. The van der Waals surface area contributed by atoms with Gasteiger partial charge in [-0.15, -0.1) is 0 Å². The van der Waals surface area contributed by atoms with Crippen LogP contribution in [0, 0.1) is 0 Å². The van der Waals surface area contributed by atoms with Crippen LogP contribution >= 0.6 is 0 Å². The Morgan fingerprint density at radius 3 is 2.95 bits per heavy atom. The van der Waals surface area contributed by atoms with Crippen LogP contribution in [0.25, 0.3) is 0 Å². The minimum atomic E-state index is -3.02. The minimum Gasteiger partial charge on any atom is -0.352 e. The van der Waals surface area contributed by atoms with Gasteiger partial charge in [0.05, 0.1) is 11.5 Å². The lowest BCUT2D eigenvalue weighted by Gasteiger charge is -2.31. The Labute approximate surface area is 131 Å². The summed E-state index contributed by atoms with van der Waals surface area (Å²) in [6.45, 7) is 2.99. The zero-order chi connectivity index (χ0) is 16.2. The molecule has 6 nitrogen and oxygen atoms in total. The molecular weight excluding hydrogens is 302 g/mol. The predicted molar refractivity (Wildman–Crippen MR) is 85.2 cm³/mol. The van der Waals surface area contributed by atoms with Crippen LogP contribution in [0.1, 0.15) is 24.5 Å². The summed E-state index contributed by atoms with van der Waals surface area (Å²) in [5, 5.41) is 2.88. The van der Waals surface area contributed by atoms with E-state index in [-0.39, 0.29) is 29.9 Å². The first-order valence-corrected chi connectivity index (χ1v) is 9.32. The molecule has 2 heterocycles. The third kappa shape index (κ3) is 4.51. The third-order valence-electron chi connectivity index (χ3n) is 4.11. The van der Waals surface area contributed by atoms with Crippen molar-refractivity contribution in [1.29, 1.82) is 0 Å². The van der Waals surface area contributed by atoms with Crippen LogP contribution in [0.15, 0.2) is 18.5 Å². The highest BCUT2D eigenvalue weighted by Gasteiger charge is 2.30. The van der Waals surface area contributed by atoms with Crippen LogP contribution in [-0.2, 0) is 27.6 Å². The van der Waals surface area contributed by atoms with Gasteiger partial charge in [-0.1, -0.05) is 6.92 Å². The molecule has 1 unspecified atom stereocenters. The number of amides is 1. The van der Waals surface area contributed by atoms with Crippen LogP contribution in [0.4, 0.5) is 0 Å². The van der Waals surface area contributed by atoms with Crippen molar-refractivity contribution in [1.82, 2.24) is 15.2 Å². The standard InChI is InChI=1S/C15H23N3O3S/c1-3-12-9-16-5-4-13(12)10-17-15(19)8-14-11-22(20,21)7-6-18(14)2/h4-5,9,14H,3,6-8,10-11H2,1-2H3,(H,17,19). The predicted octanol–water partition coefficient (Wildman–Crippen LogP) is 0.379. The third-order valence-corrected chi connectivity index (χ3v) is 5.80. The molecule has 1 aromatic heterocycles. The Kier molecular flexibility index (Phi) is 5.52. The van der Waals surface area contributed by atoms with Crippen molar-refractivity contribution in [3.8, 4) is 0 Å². The fraction of sp³-hybridized carbons (Fsp3) is 0.600. The van der Waals surface area contributed by atoms with E-state index in [0.29, 0.717) is 13.1 Å². The molecule has 0 aromatic carbocycles. The van der Waals surface area contributed by atoms with Crippen molar-refractivity contribution in [2.75, 3.05) is 25.1 Å². The number of aryl methyl sites for hydroxylation is 1. The lowest BCUT2D eigenvalue weighted by molar-refractivity contribution is -0.122. The SMILES string of the molecule is CCc1cnccc1CNC(=O)CC1CS(=O)(=O)CCN1C. The van der Waals surface area contributed by atoms with Gasteiger partial charge in [-0.3, -0.25) is 9.78 Å². The van der Waals surface area contributed by atoms with Gasteiger partial charge < -0.3 is 10.2 Å². The van der Waals surface area contributed by atoms with E-state index in [0.717, 1.165) is 17.5 Å². The normalized spacial score (nSPS) is 21.5. The maximum absolute atomic E-state index is 12.1. The zero-order valence-electron chi connectivity index (χ0n) is 13.1. The number of aromatic nitrogens is 1. The van der Waals surface area contributed by atoms with Crippen molar-refractivity contribution in [2.24, 2.45) is 0 Å². The van der Waals surface area contributed by atoms with E-state index in [2.05, 4.69) is 10.3 Å². The summed E-state index contributed by atoms with van der Waals surface area (Å²) in [5.41, 5.74) is 2.16. The van der Waals surface area contributed by atoms with Gasteiger partial charge >= 0.3 is 0 Å². The molecule has 1 saturated heterocycles. The maximum atomic E-state index is 12.1. The molecule has 1 aromatic rings. The molecule has 0 aliphatic carbocycles. The molecular formula is C15H23N3O3S. The zero-order valence-corrected chi connectivity index (χ0v) is 13.9. The maximum Gasteiger partial charge on any atom is 0.221 e. The van der Waals surface area contributed by atoms with Crippen molar-refractivity contribution in [3.63, 3.8) is 0 Å². The Balaban J connectivity index is 1.90. The van der Waals surface area contributed by atoms with Crippen molar-refractivity contribution in [3.05, 3.63) is 29.6 Å². The molecule has 0 saturated carbocycles. The van der Waals surface area contributed by atoms with Crippen LogP contribution in [0.2, 0.25) is 0 Å². The van der Waals surface area contributed by atoms with Gasteiger partial charge in [-0.05, 0) is 30.7 Å². The van der Waals surface area contributed by atoms with Gasteiger partial charge in [0.2, 0.25) is 5.91 Å². The van der Waals surface area contributed by atoms with Gasteiger partial charge in [0.15, 0.2) is 9.84 Å². The van der Waals surface area contributed by atoms with E-state index in [4.69, 9.17) is 0 Å². The topological polar surface area (TPSA) is 79.4 Å². The highest BCUT2D eigenvalue weighted by atomic mass is 32.2. The van der Waals surface area contributed by atoms with Crippen LogP contribution < -0.4 is 5.32 Å². The molecule has 0 radical (unpaired) electrons. The molecule has 0 spiro atoms. The molecule has 1 N–H and O–H groups in total. The Hall–Kier alpha value is -1.47. The van der Waals surface area contributed by atoms with E-state index in [1.165, 1.54) is 0 Å². The molecule has 2 rings (SSSR count). The average molecular weight is 325 g/mol. The lowest BCUT2D eigenvalue weighted by Crippen LogP contribution is -2.48. The number of sulfone groups is 1. The second kappa shape index (κ2) is 7.19. The first-order valence-electron chi connectivity index (χ1n) is 7.50. The molecule has 1 amide bonds. The van der Waals surface area contributed by atoms with Gasteiger partial charge in [0, 0.05) is 37.9 Å². The monoisotopic (exact) mass is 325 g/mol. The van der Waals surface area contributed by atoms with Gasteiger partial charge in [0.25, 0.3) is 0 Å². The van der Waals surface area contributed by atoms with Crippen LogP contribution in [0.5, 0.6) is 0 Å². The highest BCUT2D eigenvalue weighted by molar-refractivity contribution is 7.91. The van der Waals surface area contributed by atoms with Gasteiger partial charge in [0.1, 0.15) is 0 Å². The summed E-state index contributed by atoms with van der Waals surface area (Å²) in [5.74, 6) is 0.123. The quantitative estimate of drug-likeness (QED) is 0.846. The first-order chi connectivity index (χ1) is 10.4. The van der Waals surface area contributed by atoms with Gasteiger partial charge in [-0.25, -0.2) is 8.42 Å². The van der Waals surface area contributed by atoms with E-state index in [1.807, 2.05) is 31.1 Å². The molecule has 0 bridgehead atoms. The number of nitrogens with zero attached hydrogens (tertiary/aromatic N) is 2. The largest absolute Gasteiger partial charge is 0.352 e. The molecule has 1 fully saturated rings. The summed E-state index contributed by atoms with van der Waals surface area (Å²) >= 11 is 0. The van der Waals surface area contributed by atoms with Crippen LogP contribution in [-0.4, -0.2) is 55.3 Å². The summed E-state index contributed by atoms with van der Waals surface area (Å²) in [6, 6.07) is 1.66. The Bertz CT molecular complexity index is 631. The molecule has 122 valence electrons. The smallest absolute Gasteiger partial charge is 0.221 e. The number of carbonyl (C=O) groups excluding carboxylic acids is 1. The van der Waals surface area contributed by atoms with E-state index < -0.39 is 9.84 Å². The summed E-state index contributed by atoms with van der Waals surface area (Å²) in [4.78, 5) is 18.1. The summed E-state index contributed by atoms with van der Waals surface area (Å²) in [7, 11) is -1.15. The minimum absolute atomic E-state index is 0.0619. The number of nitrogens with one attached hydrogen (secondary N) is 1. The molecule has 1 atom stereocenters. The van der Waals surface area contributed by atoms with E-state index >= 15 is 0 Å².